The van der Waals surface area contributed by atoms with Crippen molar-refractivity contribution in [3.05, 3.63) is 78.6 Å². The Morgan fingerprint density at radius 3 is 2.15 bits per heavy atom. The Labute approximate surface area is 246 Å². The number of imidazole rings is 1. The van der Waals surface area contributed by atoms with Crippen LogP contribution in [0.25, 0.3) is 22.5 Å². The number of aromatic nitrogens is 3. The highest BCUT2D eigenvalue weighted by molar-refractivity contribution is 7.99. The molecule has 2 aromatic carbocycles. The highest BCUT2D eigenvalue weighted by Gasteiger charge is 2.21. The molecule has 2 aromatic heterocycles. The van der Waals surface area contributed by atoms with Gasteiger partial charge in [-0.25, -0.2) is 9.78 Å². The topological polar surface area (TPSA) is 101 Å². The van der Waals surface area contributed by atoms with Crippen LogP contribution in [-0.2, 0) is 0 Å². The monoisotopic (exact) mass is 573 g/mol. The summed E-state index contributed by atoms with van der Waals surface area (Å²) in [7, 11) is 3.31. The number of benzene rings is 2. The molecule has 0 bridgehead atoms. The zero-order valence-corrected chi connectivity index (χ0v) is 25.0. The number of ether oxygens (including phenoxy) is 2. The number of amides is 2. The second-order valence-corrected chi connectivity index (χ2v) is 10.9. The Hall–Kier alpha value is -3.98. The van der Waals surface area contributed by atoms with Crippen LogP contribution in [0.2, 0.25) is 0 Å². The van der Waals surface area contributed by atoms with Crippen molar-refractivity contribution >= 4 is 17.8 Å². The Morgan fingerprint density at radius 2 is 1.56 bits per heavy atom. The maximum atomic E-state index is 13.2. The number of carbonyl (C=O) groups is 1. The number of urea groups is 1. The smallest absolute Gasteiger partial charge is 0.316 e. The van der Waals surface area contributed by atoms with Crippen molar-refractivity contribution in [2.45, 2.75) is 62.5 Å². The molecule has 2 amide bonds. The molecule has 0 spiro atoms. The van der Waals surface area contributed by atoms with E-state index in [9.17, 15) is 4.79 Å². The molecule has 0 radical (unpaired) electrons. The third-order valence-corrected chi connectivity index (χ3v) is 7.77. The maximum Gasteiger partial charge on any atom is 0.316 e. The van der Waals surface area contributed by atoms with Gasteiger partial charge in [0.05, 0.1) is 42.7 Å². The molecule has 4 rings (SSSR count). The number of hydrogen-bond acceptors (Lipinski definition) is 6. The fourth-order valence-electron chi connectivity index (χ4n) is 4.53. The molecule has 3 N–H and O–H groups in total. The summed E-state index contributed by atoms with van der Waals surface area (Å²) in [6.45, 7) is 4.25. The number of nitrogens with one attached hydrogen (secondary N) is 3. The van der Waals surface area contributed by atoms with Gasteiger partial charge in [-0.1, -0.05) is 50.9 Å². The van der Waals surface area contributed by atoms with Gasteiger partial charge in [-0.05, 0) is 73.5 Å². The molecule has 2 atom stereocenters. The zero-order valence-electron chi connectivity index (χ0n) is 24.1. The Morgan fingerprint density at radius 1 is 0.878 bits per heavy atom. The third-order valence-electron chi connectivity index (χ3n) is 6.72. The van der Waals surface area contributed by atoms with Crippen molar-refractivity contribution in [1.82, 2.24) is 25.6 Å². The van der Waals surface area contributed by atoms with Gasteiger partial charge >= 0.3 is 6.03 Å². The van der Waals surface area contributed by atoms with Crippen LogP contribution in [0.5, 0.6) is 11.5 Å². The molecule has 4 aromatic rings. The number of aromatic amines is 1. The van der Waals surface area contributed by atoms with Gasteiger partial charge < -0.3 is 25.1 Å². The minimum absolute atomic E-state index is 0.148. The quantitative estimate of drug-likeness (QED) is 0.106. The first-order chi connectivity index (χ1) is 20.0. The molecule has 0 aliphatic heterocycles. The van der Waals surface area contributed by atoms with E-state index in [0.29, 0.717) is 0 Å². The largest absolute Gasteiger partial charge is 0.497 e. The highest BCUT2D eigenvalue weighted by atomic mass is 32.2. The van der Waals surface area contributed by atoms with Crippen molar-refractivity contribution < 1.29 is 14.3 Å². The van der Waals surface area contributed by atoms with Crippen molar-refractivity contribution in [3.63, 3.8) is 0 Å². The number of nitrogens with zero attached hydrogens (tertiary/aromatic N) is 2. The molecule has 0 saturated carbocycles. The van der Waals surface area contributed by atoms with Crippen LogP contribution in [0.3, 0.4) is 0 Å². The summed E-state index contributed by atoms with van der Waals surface area (Å²) in [5, 5.41) is 6.89. The van der Waals surface area contributed by atoms with Gasteiger partial charge in [-0.15, -0.1) is 0 Å². The average molecular weight is 574 g/mol. The molecule has 0 fully saturated rings. The van der Waals surface area contributed by atoms with E-state index in [1.54, 1.807) is 20.4 Å². The van der Waals surface area contributed by atoms with Gasteiger partial charge in [-0.3, -0.25) is 4.98 Å². The Kier molecular flexibility index (Phi) is 11.1. The Balaban J connectivity index is 1.58. The molecule has 0 saturated heterocycles. The summed E-state index contributed by atoms with van der Waals surface area (Å²) < 4.78 is 10.7. The maximum absolute atomic E-state index is 13.2. The predicted octanol–water partition coefficient (Wildman–Crippen LogP) is 7.60. The predicted molar refractivity (Wildman–Crippen MR) is 165 cm³/mol. The molecule has 2 unspecified atom stereocenters. The fraction of sp³-hybridized carbons (Fsp3) is 0.344. The lowest BCUT2D eigenvalue weighted by Gasteiger charge is -2.21. The molecule has 216 valence electrons. The van der Waals surface area contributed by atoms with Gasteiger partial charge in [0.1, 0.15) is 11.5 Å². The minimum atomic E-state index is -0.208. The normalized spacial score (nSPS) is 12.4. The van der Waals surface area contributed by atoms with Crippen molar-refractivity contribution in [2.75, 3.05) is 14.2 Å². The van der Waals surface area contributed by atoms with Crippen LogP contribution in [0, 0.1) is 0 Å². The van der Waals surface area contributed by atoms with Gasteiger partial charge in [0.25, 0.3) is 0 Å². The number of rotatable bonds is 14. The lowest BCUT2D eigenvalue weighted by molar-refractivity contribution is 0.234. The minimum Gasteiger partial charge on any atom is -0.497 e. The van der Waals surface area contributed by atoms with E-state index < -0.39 is 0 Å². The number of unbranched alkanes of at least 4 members (excludes halogenated alkanes) is 1. The zero-order chi connectivity index (χ0) is 29.0. The fourth-order valence-corrected chi connectivity index (χ4v) is 5.55. The SMILES string of the molecule is CCCCC(NC(=O)NC(CCC)c1ccccn1)Sc1nc(-c2ccc(OC)cc2)c(-c2ccc(OC)cc2)[nH]1. The summed E-state index contributed by atoms with van der Waals surface area (Å²) >= 11 is 1.53. The van der Waals surface area contributed by atoms with E-state index >= 15 is 0 Å². The van der Waals surface area contributed by atoms with Gasteiger partial charge in [-0.2, -0.15) is 0 Å². The van der Waals surface area contributed by atoms with Gasteiger partial charge in [0.2, 0.25) is 0 Å². The summed E-state index contributed by atoms with van der Waals surface area (Å²) in [6, 6.07) is 21.2. The summed E-state index contributed by atoms with van der Waals surface area (Å²) in [5.41, 5.74) is 4.55. The first-order valence-electron chi connectivity index (χ1n) is 14.1. The van der Waals surface area contributed by atoms with Gasteiger partial charge in [0.15, 0.2) is 5.16 Å². The standard InChI is InChI=1S/C32H39N5O3S/c1-5-7-12-28(35-31(38)34-27(10-6-2)26-11-8-9-21-33-26)41-32-36-29(22-13-17-24(39-3)18-14-22)30(37-32)23-15-19-25(40-4)20-16-23/h8-9,11,13-21,27-28H,5-7,10,12H2,1-4H3,(H,36,37)(H2,34,35,38). The summed E-state index contributed by atoms with van der Waals surface area (Å²) in [4.78, 5) is 26.2. The lowest BCUT2D eigenvalue weighted by Crippen LogP contribution is -2.42. The molecule has 0 aliphatic rings. The van der Waals surface area contributed by atoms with Crippen LogP contribution < -0.4 is 20.1 Å². The molecule has 2 heterocycles. The number of hydrogen-bond donors (Lipinski definition) is 3. The van der Waals surface area contributed by atoms with E-state index in [-0.39, 0.29) is 17.4 Å². The van der Waals surface area contributed by atoms with Crippen molar-refractivity contribution in [3.8, 4) is 34.0 Å². The molecular weight excluding hydrogens is 534 g/mol. The third kappa shape index (κ3) is 8.27. The molecular formula is C32H39N5O3S. The molecule has 41 heavy (non-hydrogen) atoms. The average Bonchev–Trinajstić information content (AvgIpc) is 3.43. The lowest BCUT2D eigenvalue weighted by atomic mass is 10.0. The molecule has 0 aliphatic carbocycles. The van der Waals surface area contributed by atoms with E-state index in [1.807, 2.05) is 66.7 Å². The molecule has 9 heteroatoms. The number of carbonyl (C=O) groups excluding carboxylic acids is 1. The first-order valence-corrected chi connectivity index (χ1v) is 15.0. The van der Waals surface area contributed by atoms with Crippen molar-refractivity contribution in [2.24, 2.45) is 0 Å². The highest BCUT2D eigenvalue weighted by Crippen LogP contribution is 2.35. The van der Waals surface area contributed by atoms with E-state index in [4.69, 9.17) is 14.5 Å². The number of H-pyrrole nitrogens is 1. The second-order valence-electron chi connectivity index (χ2n) is 9.68. The first kappa shape index (κ1) is 30.0. The van der Waals surface area contributed by atoms with Crippen LogP contribution in [-0.4, -0.2) is 40.6 Å². The number of pyridine rings is 1. The number of thioether (sulfide) groups is 1. The van der Waals surface area contributed by atoms with Crippen LogP contribution in [0.1, 0.15) is 57.7 Å². The van der Waals surface area contributed by atoms with Crippen LogP contribution >= 0.6 is 11.8 Å². The second kappa shape index (κ2) is 15.1. The van der Waals surface area contributed by atoms with Gasteiger partial charge in [0, 0.05) is 17.3 Å². The van der Waals surface area contributed by atoms with Crippen LogP contribution in [0.4, 0.5) is 4.79 Å². The van der Waals surface area contributed by atoms with E-state index in [0.717, 1.165) is 77.0 Å². The van der Waals surface area contributed by atoms with Crippen molar-refractivity contribution in [1.29, 1.82) is 0 Å². The van der Waals surface area contributed by atoms with E-state index in [2.05, 4.69) is 34.4 Å². The summed E-state index contributed by atoms with van der Waals surface area (Å²) in [5.74, 6) is 1.57. The van der Waals surface area contributed by atoms with Crippen LogP contribution in [0.15, 0.2) is 78.1 Å². The molecule has 8 nitrogen and oxygen atoms in total. The van der Waals surface area contributed by atoms with E-state index in [1.165, 1.54) is 11.8 Å². The Bertz CT molecular complexity index is 1300. The number of methoxy groups -OCH3 is 2. The summed E-state index contributed by atoms with van der Waals surface area (Å²) in [6.07, 6.45) is 6.32.